The van der Waals surface area contributed by atoms with Crippen LogP contribution in [0.3, 0.4) is 0 Å². The fourth-order valence-electron chi connectivity index (χ4n) is 12.3. The highest BCUT2D eigenvalue weighted by atomic mass is 19.4. The molecule has 2 aromatic rings. The van der Waals surface area contributed by atoms with Gasteiger partial charge in [-0.1, -0.05) is 99.9 Å². The Morgan fingerprint density at radius 2 is 0.785 bits per heavy atom. The number of urea groups is 2. The number of aliphatic carboxylic acids is 1. The van der Waals surface area contributed by atoms with Gasteiger partial charge in [0.15, 0.2) is 0 Å². The van der Waals surface area contributed by atoms with Crippen molar-refractivity contribution < 1.29 is 32.7 Å². The first kappa shape index (κ1) is 49.1. The Kier molecular flexibility index (Phi) is 18.3. The summed E-state index contributed by atoms with van der Waals surface area (Å²) >= 11 is 0. The predicted octanol–water partition coefficient (Wildman–Crippen LogP) is 11.8. The second-order valence-corrected chi connectivity index (χ2v) is 20.1. The van der Waals surface area contributed by atoms with Crippen molar-refractivity contribution in [3.05, 3.63) is 70.8 Å². The molecule has 360 valence electrons. The largest absolute Gasteiger partial charge is 0.490 e. The van der Waals surface area contributed by atoms with Gasteiger partial charge in [-0.2, -0.15) is 13.2 Å². The number of nitrogens with one attached hydrogen (secondary N) is 4. The van der Waals surface area contributed by atoms with Crippen molar-refractivity contribution in [3.63, 3.8) is 0 Å². The third-order valence-corrected chi connectivity index (χ3v) is 15.8. The maximum Gasteiger partial charge on any atom is 0.490 e. The number of amides is 4. The lowest BCUT2D eigenvalue weighted by molar-refractivity contribution is -0.192. The SMILES string of the molecule is O=C(NCCCCCCCCCCCCNC(=O)NC1CCC(CCN2[C@@H]3CC[C@H]2c2ccccc23)CC1)NC1CCC(CCN2[C@@H]3CC[C@H]2c2ccccc23)CC1.O=C(O)C(F)(F)F. The van der Waals surface area contributed by atoms with Crippen molar-refractivity contribution in [1.82, 2.24) is 31.1 Å². The predicted molar refractivity (Wildman–Crippen MR) is 249 cm³/mol. The van der Waals surface area contributed by atoms with Gasteiger partial charge in [0.2, 0.25) is 0 Å². The second kappa shape index (κ2) is 24.3. The molecular formula is C52H77F3N6O4. The van der Waals surface area contributed by atoms with Crippen molar-refractivity contribution in [2.75, 3.05) is 26.2 Å². The number of nitrogens with zero attached hydrogens (tertiary/aromatic N) is 2. The summed E-state index contributed by atoms with van der Waals surface area (Å²) in [5.74, 6) is -1.15. The average molecular weight is 907 g/mol. The number of hydrogen-bond acceptors (Lipinski definition) is 5. The molecule has 8 rings (SSSR count). The first-order valence-corrected chi connectivity index (χ1v) is 25.6. The van der Waals surface area contributed by atoms with Gasteiger partial charge in [-0.15, -0.1) is 0 Å². The molecular weight excluding hydrogens is 830 g/mol. The minimum Gasteiger partial charge on any atom is -0.475 e. The number of carbonyl (C=O) groups is 3. The molecule has 4 heterocycles. The zero-order valence-electron chi connectivity index (χ0n) is 38.7. The molecule has 0 unspecified atom stereocenters. The van der Waals surface area contributed by atoms with E-state index in [1.807, 2.05) is 0 Å². The first-order valence-electron chi connectivity index (χ1n) is 25.6. The number of unbranched alkanes of at least 4 members (excludes halogenated alkanes) is 9. The summed E-state index contributed by atoms with van der Waals surface area (Å²) in [6.45, 7) is 4.02. The first-order chi connectivity index (χ1) is 31.5. The van der Waals surface area contributed by atoms with E-state index in [2.05, 4.69) is 79.6 Å². The van der Waals surface area contributed by atoms with Gasteiger partial charge in [-0.3, -0.25) is 9.80 Å². The summed E-state index contributed by atoms with van der Waals surface area (Å²) in [6.07, 6.45) is 24.5. The molecule has 10 nitrogen and oxygen atoms in total. The standard InChI is InChI=1S/C50H76N6O2.C2HF3O2/c57-49(53-39-23-19-37(20-24-39)31-35-55-45-27-28-46(55)42-16-10-9-15-41(42)45)51-33-13-7-5-3-1-2-4-6-8-14-34-52-50(58)54-40-25-21-38(22-26-40)32-36-56-47-29-30-48(56)44-18-12-11-17-43(44)47;3-2(4,5)1(6)7/h9-12,15-18,37-40,45-48H,1-8,13-14,19-36H2,(H2,51,53,57)(H2,52,54,58);(H,6,7)/t37?,38?,39?,40?,45-,46+,47-,48+;. The van der Waals surface area contributed by atoms with Crippen LogP contribution in [0.15, 0.2) is 48.5 Å². The van der Waals surface area contributed by atoms with E-state index in [1.165, 1.54) is 129 Å². The molecule has 2 saturated heterocycles. The van der Waals surface area contributed by atoms with Crippen LogP contribution >= 0.6 is 0 Å². The number of benzene rings is 2. The maximum absolute atomic E-state index is 12.5. The minimum absolute atomic E-state index is 0.0326. The number of carbonyl (C=O) groups excluding carboxylic acids is 2. The van der Waals surface area contributed by atoms with Gasteiger partial charge >= 0.3 is 24.2 Å². The van der Waals surface area contributed by atoms with E-state index < -0.39 is 12.1 Å². The fourth-order valence-corrected chi connectivity index (χ4v) is 12.3. The van der Waals surface area contributed by atoms with Crippen LogP contribution in [0.5, 0.6) is 0 Å². The molecule has 5 N–H and O–H groups in total. The summed E-state index contributed by atoms with van der Waals surface area (Å²) in [5, 5.41) is 19.9. The van der Waals surface area contributed by atoms with E-state index in [9.17, 15) is 22.8 Å². The molecule has 0 aromatic heterocycles. The molecule has 6 aliphatic rings. The Hall–Kier alpha value is -3.84. The quantitative estimate of drug-likeness (QED) is 0.0795. The average Bonchev–Trinajstić information content (AvgIpc) is 4.07. The fraction of sp³-hybridized carbons (Fsp3) is 0.712. The van der Waals surface area contributed by atoms with Gasteiger partial charge in [0.05, 0.1) is 0 Å². The van der Waals surface area contributed by atoms with E-state index >= 15 is 0 Å². The number of rotatable bonds is 21. The molecule has 0 spiro atoms. The summed E-state index contributed by atoms with van der Waals surface area (Å²) in [7, 11) is 0. The summed E-state index contributed by atoms with van der Waals surface area (Å²) in [5.41, 5.74) is 6.36. The molecule has 4 amide bonds. The summed E-state index contributed by atoms with van der Waals surface area (Å²) < 4.78 is 31.7. The summed E-state index contributed by atoms with van der Waals surface area (Å²) in [6, 6.07) is 21.6. The Balaban J connectivity index is 0.000000833. The Labute approximate surface area is 386 Å². The van der Waals surface area contributed by atoms with Crippen LogP contribution in [0.25, 0.3) is 0 Å². The monoisotopic (exact) mass is 907 g/mol. The van der Waals surface area contributed by atoms with Crippen LogP contribution in [0.2, 0.25) is 0 Å². The highest BCUT2D eigenvalue weighted by Crippen LogP contribution is 2.54. The highest BCUT2D eigenvalue weighted by molar-refractivity contribution is 5.74. The molecule has 0 radical (unpaired) electrons. The van der Waals surface area contributed by atoms with E-state index in [4.69, 9.17) is 9.90 Å². The Bertz CT molecular complexity index is 1630. The number of carboxylic acid groups (broad SMARTS) is 1. The molecule has 2 saturated carbocycles. The number of carboxylic acids is 1. The van der Waals surface area contributed by atoms with E-state index in [-0.39, 0.29) is 12.1 Å². The van der Waals surface area contributed by atoms with Crippen LogP contribution in [0.1, 0.15) is 201 Å². The van der Waals surface area contributed by atoms with Gasteiger partial charge in [0.1, 0.15) is 0 Å². The topological polar surface area (TPSA) is 126 Å². The van der Waals surface area contributed by atoms with Crippen LogP contribution in [-0.4, -0.2) is 77.4 Å². The molecule has 13 heteroatoms. The number of hydrogen-bond donors (Lipinski definition) is 5. The normalized spacial score (nSPS) is 26.8. The smallest absolute Gasteiger partial charge is 0.475 e. The Morgan fingerprint density at radius 3 is 1.08 bits per heavy atom. The van der Waals surface area contributed by atoms with Crippen LogP contribution < -0.4 is 21.3 Å². The van der Waals surface area contributed by atoms with Crippen LogP contribution in [-0.2, 0) is 4.79 Å². The minimum atomic E-state index is -5.08. The molecule has 4 fully saturated rings. The van der Waals surface area contributed by atoms with E-state index in [0.29, 0.717) is 36.3 Å². The van der Waals surface area contributed by atoms with Gasteiger partial charge in [0.25, 0.3) is 0 Å². The third-order valence-electron chi connectivity index (χ3n) is 15.8. The molecule has 65 heavy (non-hydrogen) atoms. The van der Waals surface area contributed by atoms with Crippen molar-refractivity contribution in [1.29, 1.82) is 0 Å². The third kappa shape index (κ3) is 13.9. The molecule has 4 aliphatic heterocycles. The highest BCUT2D eigenvalue weighted by Gasteiger charge is 2.44. The van der Waals surface area contributed by atoms with Crippen molar-refractivity contribution in [2.24, 2.45) is 11.8 Å². The zero-order valence-corrected chi connectivity index (χ0v) is 38.7. The molecule has 2 aliphatic carbocycles. The van der Waals surface area contributed by atoms with Crippen molar-refractivity contribution in [2.45, 2.75) is 197 Å². The van der Waals surface area contributed by atoms with Crippen LogP contribution in [0.4, 0.5) is 22.8 Å². The molecule has 2 aromatic carbocycles. The van der Waals surface area contributed by atoms with Gasteiger partial charge in [-0.05, 0) is 150 Å². The molecule has 4 bridgehead atoms. The van der Waals surface area contributed by atoms with Crippen molar-refractivity contribution in [3.8, 4) is 0 Å². The van der Waals surface area contributed by atoms with Crippen LogP contribution in [0, 0.1) is 11.8 Å². The van der Waals surface area contributed by atoms with Gasteiger partial charge < -0.3 is 26.4 Å². The van der Waals surface area contributed by atoms with E-state index in [1.54, 1.807) is 22.3 Å². The lowest BCUT2D eigenvalue weighted by Crippen LogP contribution is -2.44. The number of fused-ring (bicyclic) bond motifs is 10. The number of halogens is 3. The maximum atomic E-state index is 12.5. The zero-order chi connectivity index (χ0) is 45.6. The lowest BCUT2D eigenvalue weighted by atomic mass is 9.84. The Morgan fingerprint density at radius 1 is 0.492 bits per heavy atom. The van der Waals surface area contributed by atoms with Gasteiger partial charge in [0, 0.05) is 49.3 Å². The van der Waals surface area contributed by atoms with Crippen molar-refractivity contribution >= 4 is 18.0 Å². The van der Waals surface area contributed by atoms with Gasteiger partial charge in [-0.25, -0.2) is 14.4 Å². The number of alkyl halides is 3. The molecule has 4 atom stereocenters. The lowest BCUT2D eigenvalue weighted by Gasteiger charge is -2.31. The van der Waals surface area contributed by atoms with E-state index in [0.717, 1.165) is 63.5 Å². The summed E-state index contributed by atoms with van der Waals surface area (Å²) in [4.78, 5) is 39.6. The second-order valence-electron chi connectivity index (χ2n) is 20.1.